The van der Waals surface area contributed by atoms with E-state index < -0.39 is 0 Å². The van der Waals surface area contributed by atoms with Gasteiger partial charge in [0.05, 0.1) is 12.6 Å². The van der Waals surface area contributed by atoms with Crippen molar-refractivity contribution in [3.05, 3.63) is 60.3 Å². The topological polar surface area (TPSA) is 31.4 Å². The van der Waals surface area contributed by atoms with Crippen molar-refractivity contribution in [3.63, 3.8) is 0 Å². The summed E-state index contributed by atoms with van der Waals surface area (Å²) in [5, 5.41) is 1.01. The molecule has 0 radical (unpaired) electrons. The molecule has 3 rings (SSSR count). The second-order valence-corrected chi connectivity index (χ2v) is 4.56. The van der Waals surface area contributed by atoms with E-state index in [1.54, 1.807) is 7.11 Å². The Kier molecular flexibility index (Phi) is 3.25. The van der Waals surface area contributed by atoms with Gasteiger partial charge in [-0.15, -0.1) is 0 Å². The summed E-state index contributed by atoms with van der Waals surface area (Å²) in [4.78, 5) is 4.51. The van der Waals surface area contributed by atoms with Gasteiger partial charge in [-0.05, 0) is 43.3 Å². The summed E-state index contributed by atoms with van der Waals surface area (Å²) in [5.41, 5.74) is 1.88. The Labute approximate surface area is 117 Å². The van der Waals surface area contributed by atoms with Crippen LogP contribution in [0.25, 0.3) is 10.9 Å². The van der Waals surface area contributed by atoms with E-state index in [4.69, 9.17) is 9.47 Å². The third kappa shape index (κ3) is 2.43. The predicted octanol–water partition coefficient (Wildman–Crippen LogP) is 4.34. The summed E-state index contributed by atoms with van der Waals surface area (Å²) in [6, 6.07) is 17.5. The van der Waals surface area contributed by atoms with Crippen molar-refractivity contribution in [1.82, 2.24) is 4.98 Å². The van der Waals surface area contributed by atoms with Gasteiger partial charge in [-0.1, -0.05) is 12.1 Å². The van der Waals surface area contributed by atoms with Crippen molar-refractivity contribution in [2.24, 2.45) is 0 Å². The largest absolute Gasteiger partial charge is 0.497 e. The van der Waals surface area contributed by atoms with Crippen LogP contribution >= 0.6 is 0 Å². The Morgan fingerprint density at radius 3 is 2.35 bits per heavy atom. The van der Waals surface area contributed by atoms with Crippen LogP contribution in [0.2, 0.25) is 0 Å². The van der Waals surface area contributed by atoms with E-state index in [-0.39, 0.29) is 0 Å². The molecule has 1 aromatic heterocycles. The van der Waals surface area contributed by atoms with Crippen molar-refractivity contribution in [1.29, 1.82) is 0 Å². The van der Waals surface area contributed by atoms with E-state index in [0.29, 0.717) is 0 Å². The van der Waals surface area contributed by atoms with Gasteiger partial charge in [0.1, 0.15) is 17.2 Å². The smallest absolute Gasteiger partial charge is 0.138 e. The van der Waals surface area contributed by atoms with Gasteiger partial charge >= 0.3 is 0 Å². The van der Waals surface area contributed by atoms with E-state index in [1.807, 2.05) is 61.5 Å². The van der Waals surface area contributed by atoms with Gasteiger partial charge in [-0.2, -0.15) is 0 Å². The fourth-order valence-electron chi connectivity index (χ4n) is 2.12. The van der Waals surface area contributed by atoms with Gasteiger partial charge in [0.15, 0.2) is 0 Å². The standard InChI is InChI=1S/C17H15NO2/c1-12-11-17(15-5-3-4-6-16(15)18-12)20-14-9-7-13(19-2)8-10-14/h3-11H,1-2H3. The first-order valence-electron chi connectivity index (χ1n) is 6.44. The lowest BCUT2D eigenvalue weighted by atomic mass is 10.2. The van der Waals surface area contributed by atoms with E-state index in [9.17, 15) is 0 Å². The number of aromatic nitrogens is 1. The highest BCUT2D eigenvalue weighted by molar-refractivity contribution is 5.85. The zero-order valence-corrected chi connectivity index (χ0v) is 11.5. The predicted molar refractivity (Wildman–Crippen MR) is 79.5 cm³/mol. The molecule has 0 unspecified atom stereocenters. The molecule has 100 valence electrons. The van der Waals surface area contributed by atoms with E-state index in [1.165, 1.54) is 0 Å². The quantitative estimate of drug-likeness (QED) is 0.705. The lowest BCUT2D eigenvalue weighted by Crippen LogP contribution is -1.90. The first-order valence-corrected chi connectivity index (χ1v) is 6.44. The SMILES string of the molecule is COc1ccc(Oc2cc(C)nc3ccccc23)cc1. The second-order valence-electron chi connectivity index (χ2n) is 4.56. The molecule has 0 aliphatic carbocycles. The highest BCUT2D eigenvalue weighted by Gasteiger charge is 2.06. The van der Waals surface area contributed by atoms with Crippen LogP contribution in [0, 0.1) is 6.92 Å². The highest BCUT2D eigenvalue weighted by atomic mass is 16.5. The van der Waals surface area contributed by atoms with Crippen LogP contribution < -0.4 is 9.47 Å². The fourth-order valence-corrected chi connectivity index (χ4v) is 2.12. The summed E-state index contributed by atoms with van der Waals surface area (Å²) < 4.78 is 11.1. The lowest BCUT2D eigenvalue weighted by molar-refractivity contribution is 0.413. The van der Waals surface area contributed by atoms with Crippen molar-refractivity contribution in [2.45, 2.75) is 6.92 Å². The number of aryl methyl sites for hydroxylation is 1. The summed E-state index contributed by atoms with van der Waals surface area (Å²) in [6.45, 7) is 1.97. The molecular weight excluding hydrogens is 250 g/mol. The van der Waals surface area contributed by atoms with Crippen LogP contribution in [-0.4, -0.2) is 12.1 Å². The Balaban J connectivity index is 2.01. The van der Waals surface area contributed by atoms with Crippen molar-refractivity contribution < 1.29 is 9.47 Å². The zero-order valence-electron chi connectivity index (χ0n) is 11.5. The first-order chi connectivity index (χ1) is 9.76. The number of methoxy groups -OCH3 is 1. The summed E-state index contributed by atoms with van der Waals surface area (Å²) in [6.07, 6.45) is 0. The third-order valence-corrected chi connectivity index (χ3v) is 3.09. The number of para-hydroxylation sites is 1. The zero-order chi connectivity index (χ0) is 13.9. The minimum absolute atomic E-state index is 0.779. The third-order valence-electron chi connectivity index (χ3n) is 3.09. The number of nitrogens with zero attached hydrogens (tertiary/aromatic N) is 1. The normalized spacial score (nSPS) is 10.5. The summed E-state index contributed by atoms with van der Waals surface area (Å²) in [7, 11) is 1.65. The maximum absolute atomic E-state index is 5.98. The van der Waals surface area contributed by atoms with Gasteiger partial charge < -0.3 is 9.47 Å². The number of rotatable bonds is 3. The van der Waals surface area contributed by atoms with Crippen LogP contribution in [-0.2, 0) is 0 Å². The van der Waals surface area contributed by atoms with Crippen LogP contribution in [0.3, 0.4) is 0 Å². The van der Waals surface area contributed by atoms with E-state index in [2.05, 4.69) is 4.98 Å². The number of hydrogen-bond acceptors (Lipinski definition) is 3. The monoisotopic (exact) mass is 265 g/mol. The van der Waals surface area contributed by atoms with Crippen LogP contribution in [0.1, 0.15) is 5.69 Å². The van der Waals surface area contributed by atoms with Gasteiger partial charge in [-0.25, -0.2) is 0 Å². The van der Waals surface area contributed by atoms with E-state index in [0.717, 1.165) is 33.8 Å². The highest BCUT2D eigenvalue weighted by Crippen LogP contribution is 2.30. The molecule has 3 heteroatoms. The molecule has 0 fully saturated rings. The maximum Gasteiger partial charge on any atom is 0.138 e. The molecule has 0 bridgehead atoms. The molecule has 0 atom stereocenters. The molecule has 3 nitrogen and oxygen atoms in total. The average Bonchev–Trinajstić information content (AvgIpc) is 2.48. The Morgan fingerprint density at radius 2 is 1.60 bits per heavy atom. The van der Waals surface area contributed by atoms with Gasteiger partial charge in [0.2, 0.25) is 0 Å². The number of ether oxygens (including phenoxy) is 2. The van der Waals surface area contributed by atoms with Gasteiger partial charge in [0, 0.05) is 17.1 Å². The number of pyridine rings is 1. The molecule has 1 heterocycles. The molecule has 0 amide bonds. The minimum atomic E-state index is 0.779. The van der Waals surface area contributed by atoms with Crippen LogP contribution in [0.5, 0.6) is 17.2 Å². The second kappa shape index (κ2) is 5.21. The summed E-state index contributed by atoms with van der Waals surface area (Å²) in [5.74, 6) is 2.41. The molecule has 2 aromatic carbocycles. The maximum atomic E-state index is 5.98. The number of benzene rings is 2. The lowest BCUT2D eigenvalue weighted by Gasteiger charge is -2.10. The molecule has 20 heavy (non-hydrogen) atoms. The molecule has 0 spiro atoms. The Hall–Kier alpha value is -2.55. The number of fused-ring (bicyclic) bond motifs is 1. The molecule has 0 saturated heterocycles. The van der Waals surface area contributed by atoms with E-state index >= 15 is 0 Å². The van der Waals surface area contributed by atoms with Gasteiger partial charge in [0.25, 0.3) is 0 Å². The van der Waals surface area contributed by atoms with Crippen molar-refractivity contribution in [3.8, 4) is 17.2 Å². The number of hydrogen-bond donors (Lipinski definition) is 0. The van der Waals surface area contributed by atoms with Crippen LogP contribution in [0.4, 0.5) is 0 Å². The van der Waals surface area contributed by atoms with Crippen LogP contribution in [0.15, 0.2) is 54.6 Å². The molecule has 0 N–H and O–H groups in total. The molecule has 3 aromatic rings. The Morgan fingerprint density at radius 1 is 0.900 bits per heavy atom. The molecular formula is C17H15NO2. The van der Waals surface area contributed by atoms with Gasteiger partial charge in [-0.3, -0.25) is 4.98 Å². The summed E-state index contributed by atoms with van der Waals surface area (Å²) >= 11 is 0. The Bertz CT molecular complexity index is 736. The molecule has 0 saturated carbocycles. The van der Waals surface area contributed by atoms with Crippen molar-refractivity contribution in [2.75, 3.05) is 7.11 Å². The minimum Gasteiger partial charge on any atom is -0.497 e. The van der Waals surface area contributed by atoms with Crippen molar-refractivity contribution >= 4 is 10.9 Å². The molecule has 0 aliphatic heterocycles. The first kappa shape index (κ1) is 12.5. The fraction of sp³-hybridized carbons (Fsp3) is 0.118. The average molecular weight is 265 g/mol. The molecule has 0 aliphatic rings.